The zero-order valence-corrected chi connectivity index (χ0v) is 9.81. The van der Waals surface area contributed by atoms with E-state index >= 15 is 0 Å². The van der Waals surface area contributed by atoms with Crippen LogP contribution in [0.15, 0.2) is 16.5 Å². The van der Waals surface area contributed by atoms with E-state index in [9.17, 15) is 14.4 Å². The smallest absolute Gasteiger partial charge is 0.326 e. The van der Waals surface area contributed by atoms with Crippen LogP contribution in [0.1, 0.15) is 23.4 Å². The van der Waals surface area contributed by atoms with E-state index in [4.69, 9.17) is 26.2 Å². The topological polar surface area (TPSA) is 117 Å². The number of hydrogen-bond donors (Lipinski definition) is 3. The van der Waals surface area contributed by atoms with Crippen molar-refractivity contribution in [2.24, 2.45) is 0 Å². The van der Waals surface area contributed by atoms with Gasteiger partial charge in [0.1, 0.15) is 6.04 Å². The number of carboxylic acid groups (broad SMARTS) is 2. The van der Waals surface area contributed by atoms with Gasteiger partial charge in [-0.3, -0.25) is 9.59 Å². The summed E-state index contributed by atoms with van der Waals surface area (Å²) >= 11 is 5.47. The van der Waals surface area contributed by atoms with Crippen molar-refractivity contribution < 1.29 is 29.0 Å². The minimum atomic E-state index is -1.32. The number of nitrogens with one attached hydrogen (secondary N) is 1. The first-order valence-electron chi connectivity index (χ1n) is 4.91. The van der Waals surface area contributed by atoms with Crippen LogP contribution in [0.4, 0.5) is 0 Å². The van der Waals surface area contributed by atoms with E-state index in [1.54, 1.807) is 0 Å². The van der Waals surface area contributed by atoms with Gasteiger partial charge >= 0.3 is 11.9 Å². The van der Waals surface area contributed by atoms with Crippen LogP contribution >= 0.6 is 11.6 Å². The number of carboxylic acids is 2. The average molecular weight is 276 g/mol. The number of carbonyl (C=O) groups is 3. The zero-order chi connectivity index (χ0) is 13.7. The first kappa shape index (κ1) is 14.0. The van der Waals surface area contributed by atoms with E-state index in [1.807, 2.05) is 0 Å². The molecule has 0 aliphatic carbocycles. The van der Waals surface area contributed by atoms with Gasteiger partial charge in [0.15, 0.2) is 11.0 Å². The summed E-state index contributed by atoms with van der Waals surface area (Å²) in [6.07, 6.45) is -0.582. The quantitative estimate of drug-likeness (QED) is 0.712. The SMILES string of the molecule is O=C(O)CC[C@H](NC(=O)c1ccc(Cl)o1)C(=O)O. The molecule has 98 valence electrons. The molecular formula is C10H10ClNO6. The van der Waals surface area contributed by atoms with E-state index in [2.05, 4.69) is 5.32 Å². The van der Waals surface area contributed by atoms with Crippen molar-refractivity contribution in [1.29, 1.82) is 0 Å². The normalized spacial score (nSPS) is 11.8. The van der Waals surface area contributed by atoms with Crippen molar-refractivity contribution in [3.8, 4) is 0 Å². The summed E-state index contributed by atoms with van der Waals surface area (Å²) in [7, 11) is 0. The molecule has 0 aliphatic heterocycles. The summed E-state index contributed by atoms with van der Waals surface area (Å²) in [5.41, 5.74) is 0. The highest BCUT2D eigenvalue weighted by atomic mass is 35.5. The summed E-state index contributed by atoms with van der Waals surface area (Å²) in [5, 5.41) is 19.4. The molecule has 1 heterocycles. The third kappa shape index (κ3) is 4.10. The fourth-order valence-corrected chi connectivity index (χ4v) is 1.34. The minimum Gasteiger partial charge on any atom is -0.481 e. The summed E-state index contributed by atoms with van der Waals surface area (Å²) < 4.78 is 4.80. The highest BCUT2D eigenvalue weighted by Crippen LogP contribution is 2.13. The molecule has 0 saturated carbocycles. The first-order chi connectivity index (χ1) is 8.40. The average Bonchev–Trinajstić information content (AvgIpc) is 2.70. The van der Waals surface area contributed by atoms with Gasteiger partial charge in [-0.25, -0.2) is 4.79 Å². The second-order valence-corrected chi connectivity index (χ2v) is 3.77. The number of rotatable bonds is 6. The van der Waals surface area contributed by atoms with Crippen LogP contribution in [0.25, 0.3) is 0 Å². The Morgan fingerprint density at radius 3 is 2.44 bits per heavy atom. The van der Waals surface area contributed by atoms with Gasteiger partial charge in [0.25, 0.3) is 5.91 Å². The molecule has 1 aromatic heterocycles. The molecule has 1 rings (SSSR count). The number of furan rings is 1. The number of halogens is 1. The van der Waals surface area contributed by atoms with Gasteiger partial charge in [-0.2, -0.15) is 0 Å². The minimum absolute atomic E-state index is 0.00226. The molecule has 1 amide bonds. The molecule has 18 heavy (non-hydrogen) atoms. The molecule has 7 nitrogen and oxygen atoms in total. The standard InChI is InChI=1S/C10H10ClNO6/c11-7-3-2-6(18-7)9(15)12-5(10(16)17)1-4-8(13)14/h2-3,5H,1,4H2,(H,12,15)(H,13,14)(H,16,17)/t5-/m0/s1. The van der Waals surface area contributed by atoms with Gasteiger partial charge in [-0.15, -0.1) is 0 Å². The summed E-state index contributed by atoms with van der Waals surface area (Å²) in [4.78, 5) is 32.7. The molecule has 1 atom stereocenters. The Kier molecular flexibility index (Phi) is 4.73. The maximum Gasteiger partial charge on any atom is 0.326 e. The van der Waals surface area contributed by atoms with Crippen LogP contribution in [0.3, 0.4) is 0 Å². The summed E-state index contributed by atoms with van der Waals surface area (Å²) in [6, 6.07) is 1.33. The third-order valence-corrected chi connectivity index (χ3v) is 2.25. The number of hydrogen-bond acceptors (Lipinski definition) is 4. The highest BCUT2D eigenvalue weighted by molar-refractivity contribution is 6.29. The second kappa shape index (κ2) is 6.06. The van der Waals surface area contributed by atoms with Crippen molar-refractivity contribution in [3.63, 3.8) is 0 Å². The van der Waals surface area contributed by atoms with Crippen molar-refractivity contribution in [2.45, 2.75) is 18.9 Å². The Balaban J connectivity index is 2.63. The molecule has 8 heteroatoms. The molecule has 0 fully saturated rings. The Morgan fingerprint density at radius 1 is 1.33 bits per heavy atom. The monoisotopic (exact) mass is 275 g/mol. The van der Waals surface area contributed by atoms with Gasteiger partial charge in [0, 0.05) is 6.42 Å². The molecule has 0 bridgehead atoms. The van der Waals surface area contributed by atoms with Crippen molar-refractivity contribution >= 4 is 29.4 Å². The van der Waals surface area contributed by atoms with Crippen molar-refractivity contribution in [1.82, 2.24) is 5.32 Å². The zero-order valence-electron chi connectivity index (χ0n) is 9.05. The lowest BCUT2D eigenvalue weighted by molar-refractivity contribution is -0.140. The molecular weight excluding hydrogens is 266 g/mol. The maximum atomic E-state index is 11.5. The molecule has 0 aliphatic rings. The van der Waals surface area contributed by atoms with Gasteiger partial charge in [-0.1, -0.05) is 0 Å². The Labute approximate surface area is 106 Å². The van der Waals surface area contributed by atoms with Crippen molar-refractivity contribution in [3.05, 3.63) is 23.1 Å². The molecule has 0 aromatic carbocycles. The van der Waals surface area contributed by atoms with Crippen LogP contribution in [0.5, 0.6) is 0 Å². The molecule has 0 unspecified atom stereocenters. The molecule has 0 saturated heterocycles. The maximum absolute atomic E-state index is 11.5. The number of aliphatic carboxylic acids is 2. The van der Waals surface area contributed by atoms with Crippen LogP contribution in [0, 0.1) is 0 Å². The largest absolute Gasteiger partial charge is 0.481 e. The van der Waals surface area contributed by atoms with Gasteiger partial charge in [0.2, 0.25) is 0 Å². The summed E-state index contributed by atoms with van der Waals surface area (Å²) in [6.45, 7) is 0. The fraction of sp³-hybridized carbons (Fsp3) is 0.300. The fourth-order valence-electron chi connectivity index (χ4n) is 1.19. The second-order valence-electron chi connectivity index (χ2n) is 3.40. The number of carbonyl (C=O) groups excluding carboxylic acids is 1. The van der Waals surface area contributed by atoms with E-state index in [-0.39, 0.29) is 23.8 Å². The lowest BCUT2D eigenvalue weighted by atomic mass is 10.1. The lowest BCUT2D eigenvalue weighted by Gasteiger charge is -2.12. The Morgan fingerprint density at radius 2 is 2.00 bits per heavy atom. The molecule has 0 radical (unpaired) electrons. The summed E-state index contributed by atoms with van der Waals surface area (Å²) in [5.74, 6) is -3.36. The molecule has 0 spiro atoms. The molecule has 1 aromatic rings. The highest BCUT2D eigenvalue weighted by Gasteiger charge is 2.22. The molecule has 3 N–H and O–H groups in total. The van der Waals surface area contributed by atoms with Crippen LogP contribution in [0.2, 0.25) is 5.22 Å². The van der Waals surface area contributed by atoms with E-state index in [0.29, 0.717) is 0 Å². The van der Waals surface area contributed by atoms with E-state index in [1.165, 1.54) is 12.1 Å². The van der Waals surface area contributed by atoms with Crippen LogP contribution < -0.4 is 5.32 Å². The Hall–Kier alpha value is -2.02. The van der Waals surface area contributed by atoms with Gasteiger partial charge in [0.05, 0.1) is 0 Å². The van der Waals surface area contributed by atoms with E-state index in [0.717, 1.165) is 0 Å². The first-order valence-corrected chi connectivity index (χ1v) is 5.28. The third-order valence-electron chi connectivity index (χ3n) is 2.05. The lowest BCUT2D eigenvalue weighted by Crippen LogP contribution is -2.40. The predicted molar refractivity (Wildman–Crippen MR) is 59.5 cm³/mol. The number of amides is 1. The van der Waals surface area contributed by atoms with Gasteiger partial charge < -0.3 is 19.9 Å². The Bertz CT molecular complexity index is 469. The predicted octanol–water partition coefficient (Wildman–Crippen LogP) is 0.981. The van der Waals surface area contributed by atoms with Crippen LogP contribution in [-0.2, 0) is 9.59 Å². The van der Waals surface area contributed by atoms with E-state index < -0.39 is 23.9 Å². The van der Waals surface area contributed by atoms with Crippen LogP contribution in [-0.4, -0.2) is 34.1 Å². The van der Waals surface area contributed by atoms with Gasteiger partial charge in [-0.05, 0) is 30.2 Å². The van der Waals surface area contributed by atoms with Crippen molar-refractivity contribution in [2.75, 3.05) is 0 Å².